The molecule has 8 heterocycles. The van der Waals surface area contributed by atoms with Crippen molar-refractivity contribution in [1.29, 1.82) is 0 Å². The quantitative estimate of drug-likeness (QED) is 0.0335. The third-order valence-electron chi connectivity index (χ3n) is 12.9. The van der Waals surface area contributed by atoms with E-state index in [2.05, 4.69) is 51.2 Å². The number of hydrogen-bond donors (Lipinski definition) is 8. The summed E-state index contributed by atoms with van der Waals surface area (Å²) in [5, 5.41) is 10.4. The highest BCUT2D eigenvalue weighted by Crippen LogP contribution is 2.55. The van der Waals surface area contributed by atoms with Crippen molar-refractivity contribution in [2.45, 2.75) is 108 Å². The first-order valence-corrected chi connectivity index (χ1v) is 29.7. The van der Waals surface area contributed by atoms with E-state index < -0.39 is 135 Å². The van der Waals surface area contributed by atoms with Crippen molar-refractivity contribution in [3.05, 3.63) is 37.5 Å². The van der Waals surface area contributed by atoms with E-state index in [-0.39, 0.29) is 92.1 Å². The van der Waals surface area contributed by atoms with Crippen LogP contribution < -0.4 is 32.7 Å². The number of fused-ring (bicyclic) bond motifs is 4. The number of primary amides is 1. The fourth-order valence-electron chi connectivity index (χ4n) is 9.03. The molecule has 0 spiro atoms. The van der Waals surface area contributed by atoms with E-state index in [1.54, 1.807) is 13.8 Å². The zero-order valence-electron chi connectivity index (χ0n) is 41.9. The Morgan fingerprint density at radius 1 is 0.785 bits per heavy atom. The van der Waals surface area contributed by atoms with Crippen LogP contribution in [0.15, 0.2) is 37.5 Å². The molecule has 79 heavy (non-hydrogen) atoms. The standard InChI is InChI=1S/C43H55F2N15O15P2S2/c1-20(2)31(56-26(63)9-12-58-27(64)7-8-28(58)65)22(61)13-21(5-3-11-49-43(47)67)40(66)48-10-4-6-25(62)57-37-33-39(53-17-51-37)60(19-55-33)42-30(45)35-24(73-42)15-71-76(68,78)74-34-23(14-70-77(69,79)75-35)72-41(29(34)44)59-18-54-32-36(46)50-16-52-38(32)59/h7-8,16-21,23-24,29-31,34-35,41-42H,3-6,9-15H2,1-2H3,(H,48,66)(H,56,63)(H,68,78)(H,69,79)(H2,46,50,52)(H3,47,49,67)(H,51,53,57,62)/t21-,23-,24-,29-,30-,31+,34-,35-,41-,42-,76?,77?/m1/s1. The number of ketones is 1. The molecule has 36 heteroatoms. The summed E-state index contributed by atoms with van der Waals surface area (Å²) in [6.45, 7) is -6.95. The van der Waals surface area contributed by atoms with Gasteiger partial charge in [-0.3, -0.25) is 51.8 Å². The number of nitrogens with one attached hydrogen (secondary N) is 4. The summed E-state index contributed by atoms with van der Waals surface area (Å²) in [7, 11) is 0. The number of amides is 7. The SMILES string of the molecule is CC(C)[C@H](NC(=O)CCN1C(=O)C=CC1=O)C(=O)C[C@@H](CCCNC(N)=O)C(=O)NCCCC(=O)Nc1ncnc2c1ncn2[C@@H]1O[C@@H]2COP(O)(=S)O[C@H]3[C@@H](F)[C@H](n4cnc5c(N)ncnc54)O[C@@H]3COP(O)(=S)O[C@H]2[C@H]1F. The molecule has 3 fully saturated rings. The third kappa shape index (κ3) is 14.1. The van der Waals surface area contributed by atoms with Gasteiger partial charge in [0.15, 0.2) is 59.0 Å². The number of imide groups is 1. The zero-order valence-corrected chi connectivity index (χ0v) is 45.4. The van der Waals surface area contributed by atoms with Gasteiger partial charge in [0.25, 0.3) is 11.8 Å². The van der Waals surface area contributed by atoms with Crippen molar-refractivity contribution in [1.82, 2.24) is 59.9 Å². The van der Waals surface area contributed by atoms with E-state index in [1.165, 1.54) is 10.9 Å². The number of carbonyl (C=O) groups is 7. The zero-order chi connectivity index (χ0) is 56.9. The first-order valence-electron chi connectivity index (χ1n) is 24.5. The minimum absolute atomic E-state index is 0.00794. The third-order valence-corrected chi connectivity index (χ3v) is 16.0. The van der Waals surface area contributed by atoms with Crippen molar-refractivity contribution in [2.24, 2.45) is 17.6 Å². The highest BCUT2D eigenvalue weighted by Gasteiger charge is 2.54. The average molecular weight is 1190 g/mol. The average Bonchev–Trinajstić information content (AvgIpc) is 4.33. The summed E-state index contributed by atoms with van der Waals surface area (Å²) in [6.07, 6.45) is -7.14. The number of nitrogen functional groups attached to an aromatic ring is 1. The fourth-order valence-corrected chi connectivity index (χ4v) is 11.9. The predicted molar refractivity (Wildman–Crippen MR) is 275 cm³/mol. The molecule has 0 aromatic carbocycles. The van der Waals surface area contributed by atoms with E-state index in [4.69, 9.17) is 62.6 Å². The summed E-state index contributed by atoms with van der Waals surface area (Å²) in [4.78, 5) is 136. The van der Waals surface area contributed by atoms with Crippen LogP contribution in [0.4, 0.5) is 25.2 Å². The van der Waals surface area contributed by atoms with Crippen LogP contribution in [0.1, 0.15) is 64.8 Å². The Morgan fingerprint density at radius 3 is 1.92 bits per heavy atom. The minimum atomic E-state index is -4.42. The molecule has 0 saturated carbocycles. The molecule has 4 aromatic heterocycles. The van der Waals surface area contributed by atoms with Crippen molar-refractivity contribution >= 4 is 112 Å². The lowest BCUT2D eigenvalue weighted by molar-refractivity contribution is -0.137. The smallest absolute Gasteiger partial charge is 0.325 e. The number of aromatic nitrogens is 8. The van der Waals surface area contributed by atoms with Crippen LogP contribution in [-0.4, -0.2) is 171 Å². The molecule has 4 aromatic rings. The van der Waals surface area contributed by atoms with Gasteiger partial charge in [-0.15, -0.1) is 0 Å². The van der Waals surface area contributed by atoms with Gasteiger partial charge in [0.1, 0.15) is 42.6 Å². The molecule has 2 unspecified atom stereocenters. The molecular formula is C43H55F2N15O15P2S2. The van der Waals surface area contributed by atoms with Gasteiger partial charge >= 0.3 is 19.5 Å². The summed E-state index contributed by atoms with van der Waals surface area (Å²) in [5.74, 6) is -4.65. The van der Waals surface area contributed by atoms with Gasteiger partial charge in [-0.1, -0.05) is 13.8 Å². The Bertz CT molecular complexity index is 3110. The Labute approximate surface area is 456 Å². The molecule has 4 aliphatic heterocycles. The number of nitrogens with two attached hydrogens (primary N) is 2. The maximum atomic E-state index is 16.7. The molecule has 4 aliphatic rings. The van der Waals surface area contributed by atoms with Crippen LogP contribution in [-0.2, 0) is 79.9 Å². The lowest BCUT2D eigenvalue weighted by atomic mass is 9.89. The first kappa shape index (κ1) is 59.1. The Balaban J connectivity index is 0.863. The molecule has 7 amide bonds. The Kier molecular flexibility index (Phi) is 18.8. The second-order valence-electron chi connectivity index (χ2n) is 18.8. The highest BCUT2D eigenvalue weighted by atomic mass is 32.5. The van der Waals surface area contributed by atoms with Crippen molar-refractivity contribution in [3.8, 4) is 0 Å². The largest absolute Gasteiger partial charge is 0.382 e. The maximum absolute atomic E-state index is 16.7. The number of imidazole rings is 2. The summed E-state index contributed by atoms with van der Waals surface area (Å²) >= 11 is 10.5. The van der Waals surface area contributed by atoms with Gasteiger partial charge in [-0.05, 0) is 48.8 Å². The molecule has 428 valence electrons. The van der Waals surface area contributed by atoms with Crippen molar-refractivity contribution in [2.75, 3.05) is 43.9 Å². The normalized spacial score (nSPS) is 28.0. The van der Waals surface area contributed by atoms with E-state index in [0.29, 0.717) is 0 Å². The number of nitrogens with zero attached hydrogens (tertiary/aromatic N) is 9. The van der Waals surface area contributed by atoms with Crippen LogP contribution in [0.5, 0.6) is 0 Å². The van der Waals surface area contributed by atoms with Gasteiger partial charge in [-0.2, -0.15) is 0 Å². The minimum Gasteiger partial charge on any atom is -0.382 e. The monoisotopic (exact) mass is 1190 g/mol. The molecule has 0 bridgehead atoms. The van der Waals surface area contributed by atoms with Crippen LogP contribution in [0.2, 0.25) is 0 Å². The van der Waals surface area contributed by atoms with Crippen molar-refractivity contribution < 1.29 is 79.7 Å². The molecule has 8 rings (SSSR count). The van der Waals surface area contributed by atoms with Gasteiger partial charge < -0.3 is 61.0 Å². The number of anilines is 2. The molecule has 30 nitrogen and oxygen atoms in total. The summed E-state index contributed by atoms with van der Waals surface area (Å²) < 4.78 is 69.7. The molecule has 0 aliphatic carbocycles. The van der Waals surface area contributed by atoms with Crippen molar-refractivity contribution in [3.63, 3.8) is 0 Å². The number of hydrogen-bond acceptors (Lipinski definition) is 22. The van der Waals surface area contributed by atoms with Gasteiger partial charge in [0.2, 0.25) is 17.7 Å². The van der Waals surface area contributed by atoms with E-state index in [9.17, 15) is 43.3 Å². The van der Waals surface area contributed by atoms with Gasteiger partial charge in [0.05, 0.1) is 31.9 Å². The van der Waals surface area contributed by atoms with Gasteiger partial charge in [-0.25, -0.2) is 43.5 Å². The lowest BCUT2D eigenvalue weighted by Gasteiger charge is -2.29. The lowest BCUT2D eigenvalue weighted by Crippen LogP contribution is -2.47. The number of ether oxygens (including phenoxy) is 2. The van der Waals surface area contributed by atoms with Crippen LogP contribution in [0, 0.1) is 11.8 Å². The Hall–Kier alpha value is -6.03. The molecule has 12 atom stereocenters. The second-order valence-corrected chi connectivity index (χ2v) is 24.3. The topological polar surface area (TPSA) is 406 Å². The first-order chi connectivity index (χ1) is 37.5. The van der Waals surface area contributed by atoms with E-state index in [1.807, 2.05) is 0 Å². The number of halogens is 2. The molecule has 10 N–H and O–H groups in total. The highest BCUT2D eigenvalue weighted by molar-refractivity contribution is 8.07. The fraction of sp³-hybridized carbons (Fsp3) is 0.558. The predicted octanol–water partition coefficient (Wildman–Crippen LogP) is 0.285. The Morgan fingerprint density at radius 2 is 1.34 bits per heavy atom. The van der Waals surface area contributed by atoms with Crippen LogP contribution in [0.25, 0.3) is 22.3 Å². The van der Waals surface area contributed by atoms with Crippen LogP contribution in [0.3, 0.4) is 0 Å². The molecule has 0 radical (unpaired) electrons. The number of Topliss-reactive ketones (excluding diaryl/α,β-unsaturated/α-hetero) is 1. The number of alkyl halides is 2. The summed E-state index contributed by atoms with van der Waals surface area (Å²) in [5.41, 5.74) is 11.3. The molecule has 3 saturated heterocycles. The molecular weight excluding hydrogens is 1130 g/mol. The van der Waals surface area contributed by atoms with E-state index in [0.717, 1.165) is 40.6 Å². The number of carbonyl (C=O) groups excluding carboxylic acids is 7. The van der Waals surface area contributed by atoms with Gasteiger partial charge in [0, 0.05) is 57.0 Å². The number of urea groups is 1. The maximum Gasteiger partial charge on any atom is 0.325 e. The number of rotatable bonds is 20. The van der Waals surface area contributed by atoms with E-state index >= 15 is 8.78 Å². The second kappa shape index (κ2) is 25.2. The summed E-state index contributed by atoms with van der Waals surface area (Å²) in [6, 6.07) is -1.79. The van der Waals surface area contributed by atoms with Crippen LogP contribution >= 0.6 is 13.4 Å².